The lowest BCUT2D eigenvalue weighted by molar-refractivity contribution is 0.180. The Morgan fingerprint density at radius 1 is 1.29 bits per heavy atom. The summed E-state index contributed by atoms with van der Waals surface area (Å²) in [5, 5.41) is 3.09. The number of hydroxylamine groups is 1. The SMILES string of the molecule is Cc1nc2sc(CC3N=C(c4cccs4)ON3)c(N)c2c(C)c1C. The minimum atomic E-state index is -0.125. The molecule has 24 heavy (non-hydrogen) atoms. The van der Waals surface area contributed by atoms with Crippen LogP contribution >= 0.6 is 22.7 Å². The molecule has 1 atom stereocenters. The molecule has 0 spiro atoms. The van der Waals surface area contributed by atoms with Crippen LogP contribution in [0.5, 0.6) is 0 Å². The molecule has 0 amide bonds. The third kappa shape index (κ3) is 2.49. The van der Waals surface area contributed by atoms with E-state index in [0.29, 0.717) is 12.3 Å². The molecule has 3 aromatic rings. The van der Waals surface area contributed by atoms with Gasteiger partial charge < -0.3 is 10.6 Å². The number of nitrogens with two attached hydrogens (primary N) is 1. The highest BCUT2D eigenvalue weighted by Gasteiger charge is 2.24. The summed E-state index contributed by atoms with van der Waals surface area (Å²) >= 11 is 3.26. The maximum absolute atomic E-state index is 6.42. The molecule has 1 aliphatic rings. The molecule has 0 aromatic carbocycles. The Kier molecular flexibility index (Phi) is 3.79. The maximum Gasteiger partial charge on any atom is 0.252 e. The summed E-state index contributed by atoms with van der Waals surface area (Å²) in [5.41, 5.74) is 13.7. The standard InChI is InChI=1S/C17H18N4OS2/c1-8-9(2)14-15(18)12(24-17(14)19-10(8)3)7-13-20-16(22-21-13)11-5-4-6-23-11/h4-6,13,21H,7,18H2,1-3H3. The molecule has 0 bridgehead atoms. The van der Waals surface area contributed by atoms with Crippen molar-refractivity contribution >= 4 is 44.5 Å². The zero-order valence-corrected chi connectivity index (χ0v) is 15.3. The summed E-state index contributed by atoms with van der Waals surface area (Å²) in [6.07, 6.45) is 0.569. The van der Waals surface area contributed by atoms with Gasteiger partial charge in [0, 0.05) is 22.4 Å². The normalized spacial score (nSPS) is 17.3. The Balaban J connectivity index is 1.66. The number of anilines is 1. The minimum Gasteiger partial charge on any atom is -0.397 e. The molecule has 0 radical (unpaired) electrons. The molecule has 4 rings (SSSR count). The number of hydrogen-bond donors (Lipinski definition) is 2. The van der Waals surface area contributed by atoms with Crippen LogP contribution in [0.3, 0.4) is 0 Å². The van der Waals surface area contributed by atoms with E-state index in [-0.39, 0.29) is 6.17 Å². The first kappa shape index (κ1) is 15.6. The van der Waals surface area contributed by atoms with Crippen LogP contribution in [0.15, 0.2) is 22.5 Å². The number of pyridine rings is 1. The molecule has 7 heteroatoms. The lowest BCUT2D eigenvalue weighted by Gasteiger charge is -2.06. The van der Waals surface area contributed by atoms with Gasteiger partial charge in [-0.25, -0.2) is 9.98 Å². The first-order chi connectivity index (χ1) is 11.5. The van der Waals surface area contributed by atoms with Crippen molar-refractivity contribution in [2.45, 2.75) is 33.4 Å². The van der Waals surface area contributed by atoms with Gasteiger partial charge in [0.2, 0.25) is 0 Å². The monoisotopic (exact) mass is 358 g/mol. The van der Waals surface area contributed by atoms with Gasteiger partial charge in [-0.05, 0) is 43.3 Å². The van der Waals surface area contributed by atoms with Crippen molar-refractivity contribution in [3.05, 3.63) is 44.1 Å². The number of aromatic nitrogens is 1. The van der Waals surface area contributed by atoms with E-state index in [1.807, 2.05) is 24.4 Å². The van der Waals surface area contributed by atoms with Gasteiger partial charge in [-0.3, -0.25) is 0 Å². The molecule has 5 nitrogen and oxygen atoms in total. The third-order valence-corrected chi connectivity index (χ3v) is 6.41. The molecule has 124 valence electrons. The quantitative estimate of drug-likeness (QED) is 0.748. The predicted molar refractivity (Wildman–Crippen MR) is 101 cm³/mol. The van der Waals surface area contributed by atoms with Crippen molar-refractivity contribution in [1.29, 1.82) is 0 Å². The highest BCUT2D eigenvalue weighted by atomic mass is 32.1. The van der Waals surface area contributed by atoms with Gasteiger partial charge in [0.15, 0.2) is 0 Å². The lowest BCUT2D eigenvalue weighted by Crippen LogP contribution is -2.23. The Morgan fingerprint density at radius 2 is 2.12 bits per heavy atom. The van der Waals surface area contributed by atoms with Crippen LogP contribution in [0.25, 0.3) is 10.2 Å². The molecule has 0 saturated heterocycles. The van der Waals surface area contributed by atoms with Crippen LogP contribution in [-0.2, 0) is 11.3 Å². The summed E-state index contributed by atoms with van der Waals surface area (Å²) in [6.45, 7) is 6.25. The zero-order valence-electron chi connectivity index (χ0n) is 13.7. The maximum atomic E-state index is 6.42. The average molecular weight is 358 g/mol. The number of fused-ring (bicyclic) bond motifs is 1. The summed E-state index contributed by atoms with van der Waals surface area (Å²) in [6, 6.07) is 3.99. The Labute approximate surface area is 148 Å². The van der Waals surface area contributed by atoms with Gasteiger partial charge in [0.25, 0.3) is 5.90 Å². The highest BCUT2D eigenvalue weighted by Crippen LogP contribution is 2.37. The van der Waals surface area contributed by atoms with E-state index in [0.717, 1.165) is 31.4 Å². The van der Waals surface area contributed by atoms with Gasteiger partial charge in [-0.1, -0.05) is 6.07 Å². The molecule has 3 N–H and O–H groups in total. The Morgan fingerprint density at radius 3 is 2.88 bits per heavy atom. The van der Waals surface area contributed by atoms with E-state index in [2.05, 4.69) is 24.3 Å². The van der Waals surface area contributed by atoms with Crippen LogP contribution in [-0.4, -0.2) is 17.0 Å². The molecule has 3 aromatic heterocycles. The molecule has 0 fully saturated rings. The number of nitrogens with zero attached hydrogens (tertiary/aromatic N) is 2. The van der Waals surface area contributed by atoms with E-state index in [9.17, 15) is 0 Å². The molecular weight excluding hydrogens is 340 g/mol. The molecule has 0 aliphatic carbocycles. The van der Waals surface area contributed by atoms with Gasteiger partial charge >= 0.3 is 0 Å². The minimum absolute atomic E-state index is 0.125. The second-order valence-corrected chi connectivity index (χ2v) is 7.95. The van der Waals surface area contributed by atoms with Crippen LogP contribution in [0, 0.1) is 20.8 Å². The number of nitrogen functional groups attached to an aromatic ring is 1. The smallest absolute Gasteiger partial charge is 0.252 e. The summed E-state index contributed by atoms with van der Waals surface area (Å²) in [5.74, 6) is 0.649. The summed E-state index contributed by atoms with van der Waals surface area (Å²) in [4.78, 5) is 18.0. The van der Waals surface area contributed by atoms with Crippen molar-refractivity contribution in [2.24, 2.45) is 4.99 Å². The highest BCUT2D eigenvalue weighted by molar-refractivity contribution is 7.19. The lowest BCUT2D eigenvalue weighted by atomic mass is 10.0. The molecule has 4 heterocycles. The Hall–Kier alpha value is -1.96. The van der Waals surface area contributed by atoms with E-state index >= 15 is 0 Å². The summed E-state index contributed by atoms with van der Waals surface area (Å²) < 4.78 is 0. The van der Waals surface area contributed by atoms with E-state index in [1.54, 1.807) is 22.7 Å². The largest absolute Gasteiger partial charge is 0.397 e. The van der Waals surface area contributed by atoms with Gasteiger partial charge in [0.1, 0.15) is 11.0 Å². The van der Waals surface area contributed by atoms with Gasteiger partial charge in [0.05, 0.1) is 10.6 Å². The number of thiophene rings is 2. The van der Waals surface area contributed by atoms with Crippen LogP contribution < -0.4 is 11.2 Å². The fourth-order valence-corrected chi connectivity index (χ4v) is 4.75. The number of aryl methyl sites for hydroxylation is 2. The van der Waals surface area contributed by atoms with Crippen molar-refractivity contribution < 1.29 is 4.84 Å². The predicted octanol–water partition coefficient (Wildman–Crippen LogP) is 3.72. The van der Waals surface area contributed by atoms with Crippen molar-refractivity contribution in [3.8, 4) is 0 Å². The number of hydrogen-bond acceptors (Lipinski definition) is 7. The topological polar surface area (TPSA) is 72.5 Å². The van der Waals surface area contributed by atoms with Crippen molar-refractivity contribution in [3.63, 3.8) is 0 Å². The molecule has 0 saturated carbocycles. The summed E-state index contributed by atoms with van der Waals surface area (Å²) in [7, 11) is 0. The van der Waals surface area contributed by atoms with E-state index in [4.69, 9.17) is 15.6 Å². The van der Waals surface area contributed by atoms with Crippen LogP contribution in [0.2, 0.25) is 0 Å². The Bertz CT molecular complexity index is 944. The number of nitrogens with one attached hydrogen (secondary N) is 1. The fourth-order valence-electron chi connectivity index (χ4n) is 2.86. The zero-order chi connectivity index (χ0) is 16.8. The second kappa shape index (κ2) is 5.84. The van der Waals surface area contributed by atoms with Gasteiger partial charge in [-0.2, -0.15) is 0 Å². The van der Waals surface area contributed by atoms with Crippen LogP contribution in [0.1, 0.15) is 26.6 Å². The number of rotatable bonds is 3. The first-order valence-electron chi connectivity index (χ1n) is 7.73. The van der Waals surface area contributed by atoms with E-state index < -0.39 is 0 Å². The average Bonchev–Trinajstić information content (AvgIpc) is 3.27. The third-order valence-electron chi connectivity index (χ3n) is 4.43. The fraction of sp³-hybridized carbons (Fsp3) is 0.294. The van der Waals surface area contributed by atoms with Crippen molar-refractivity contribution in [2.75, 3.05) is 5.73 Å². The van der Waals surface area contributed by atoms with E-state index in [1.165, 1.54) is 11.1 Å². The molecular formula is C17H18N4OS2. The molecule has 1 aliphatic heterocycles. The van der Waals surface area contributed by atoms with Crippen LogP contribution in [0.4, 0.5) is 5.69 Å². The number of aliphatic imine (C=N–C) groups is 1. The first-order valence-corrected chi connectivity index (χ1v) is 9.43. The molecule has 1 unspecified atom stereocenters. The second-order valence-electron chi connectivity index (χ2n) is 5.92. The van der Waals surface area contributed by atoms with Gasteiger partial charge in [-0.15, -0.1) is 28.2 Å². The van der Waals surface area contributed by atoms with Crippen molar-refractivity contribution in [1.82, 2.24) is 10.5 Å².